The Labute approximate surface area is 119 Å². The molecule has 100 valence electrons. The summed E-state index contributed by atoms with van der Waals surface area (Å²) in [5.74, 6) is 0.982. The highest BCUT2D eigenvalue weighted by atomic mass is 32.2. The Morgan fingerprint density at radius 2 is 1.58 bits per heavy atom. The van der Waals surface area contributed by atoms with E-state index in [0.717, 1.165) is 16.4 Å². The smallest absolute Gasteiger partial charge is 0.136 e. The van der Waals surface area contributed by atoms with E-state index >= 15 is 0 Å². The minimum absolute atomic E-state index is 0.206. The average molecular weight is 297 g/mol. The SMILES string of the molecule is Nc1ccc(F)cc1SCCSc1ccccc1F. The summed E-state index contributed by atoms with van der Waals surface area (Å²) >= 11 is 2.92. The summed E-state index contributed by atoms with van der Waals surface area (Å²) in [6.45, 7) is 0. The van der Waals surface area contributed by atoms with Crippen molar-refractivity contribution in [3.05, 3.63) is 54.1 Å². The van der Waals surface area contributed by atoms with Gasteiger partial charge in [0.15, 0.2) is 0 Å². The lowest BCUT2D eigenvalue weighted by Crippen LogP contribution is -1.92. The van der Waals surface area contributed by atoms with Gasteiger partial charge >= 0.3 is 0 Å². The molecular weight excluding hydrogens is 284 g/mol. The average Bonchev–Trinajstić information content (AvgIpc) is 2.40. The van der Waals surface area contributed by atoms with Gasteiger partial charge in [-0.15, -0.1) is 23.5 Å². The molecule has 2 N–H and O–H groups in total. The van der Waals surface area contributed by atoms with E-state index < -0.39 is 0 Å². The van der Waals surface area contributed by atoms with Gasteiger partial charge in [-0.1, -0.05) is 12.1 Å². The van der Waals surface area contributed by atoms with Crippen molar-refractivity contribution in [1.29, 1.82) is 0 Å². The predicted octanol–water partition coefficient (Wildman–Crippen LogP) is 4.43. The van der Waals surface area contributed by atoms with Crippen LogP contribution in [0.5, 0.6) is 0 Å². The molecule has 0 bridgehead atoms. The number of benzene rings is 2. The number of halogens is 2. The van der Waals surface area contributed by atoms with Gasteiger partial charge in [-0.2, -0.15) is 0 Å². The maximum Gasteiger partial charge on any atom is 0.136 e. The van der Waals surface area contributed by atoms with Crippen molar-refractivity contribution in [2.45, 2.75) is 9.79 Å². The number of thioether (sulfide) groups is 2. The van der Waals surface area contributed by atoms with Crippen LogP contribution in [0.25, 0.3) is 0 Å². The third-order valence-corrected chi connectivity index (χ3v) is 4.79. The van der Waals surface area contributed by atoms with Crippen LogP contribution < -0.4 is 5.73 Å². The largest absolute Gasteiger partial charge is 0.398 e. The van der Waals surface area contributed by atoms with E-state index in [9.17, 15) is 8.78 Å². The molecule has 1 nitrogen and oxygen atoms in total. The number of nitrogens with two attached hydrogens (primary N) is 1. The highest BCUT2D eigenvalue weighted by molar-refractivity contribution is 8.03. The first-order valence-corrected chi connectivity index (χ1v) is 7.69. The molecule has 0 unspecified atom stereocenters. The maximum absolute atomic E-state index is 13.4. The lowest BCUT2D eigenvalue weighted by Gasteiger charge is -2.06. The predicted molar refractivity (Wildman–Crippen MR) is 78.7 cm³/mol. The van der Waals surface area contributed by atoms with Crippen molar-refractivity contribution in [2.24, 2.45) is 0 Å². The Kier molecular flexibility index (Phi) is 5.10. The van der Waals surface area contributed by atoms with E-state index in [4.69, 9.17) is 5.73 Å². The van der Waals surface area contributed by atoms with Crippen LogP contribution in [0.2, 0.25) is 0 Å². The van der Waals surface area contributed by atoms with E-state index in [-0.39, 0.29) is 11.6 Å². The van der Waals surface area contributed by atoms with Crippen LogP contribution in [-0.4, -0.2) is 11.5 Å². The molecule has 0 radical (unpaired) electrons. The van der Waals surface area contributed by atoms with E-state index in [1.165, 1.54) is 41.7 Å². The molecule has 19 heavy (non-hydrogen) atoms. The highest BCUT2D eigenvalue weighted by Crippen LogP contribution is 2.28. The summed E-state index contributed by atoms with van der Waals surface area (Å²) in [5, 5.41) is 0. The Hall–Kier alpha value is -1.20. The quantitative estimate of drug-likeness (QED) is 0.502. The summed E-state index contributed by atoms with van der Waals surface area (Å²) in [7, 11) is 0. The molecule has 0 heterocycles. The molecule has 0 aliphatic rings. The topological polar surface area (TPSA) is 26.0 Å². The zero-order valence-electron chi connectivity index (χ0n) is 10.1. The Morgan fingerprint density at radius 3 is 2.32 bits per heavy atom. The third-order valence-electron chi connectivity index (χ3n) is 2.41. The van der Waals surface area contributed by atoms with Crippen molar-refractivity contribution in [1.82, 2.24) is 0 Å². The fraction of sp³-hybridized carbons (Fsp3) is 0.143. The lowest BCUT2D eigenvalue weighted by atomic mass is 10.3. The van der Waals surface area contributed by atoms with Crippen molar-refractivity contribution in [3.63, 3.8) is 0 Å². The van der Waals surface area contributed by atoms with Gasteiger partial charge < -0.3 is 5.73 Å². The minimum Gasteiger partial charge on any atom is -0.398 e. The lowest BCUT2D eigenvalue weighted by molar-refractivity contribution is 0.602. The van der Waals surface area contributed by atoms with Crippen molar-refractivity contribution in [2.75, 3.05) is 17.2 Å². The van der Waals surface area contributed by atoms with Gasteiger partial charge in [-0.05, 0) is 30.3 Å². The van der Waals surface area contributed by atoms with Gasteiger partial charge in [0.2, 0.25) is 0 Å². The second kappa shape index (κ2) is 6.82. The van der Waals surface area contributed by atoms with E-state index in [1.54, 1.807) is 18.2 Å². The van der Waals surface area contributed by atoms with Gasteiger partial charge in [0.25, 0.3) is 0 Å². The fourth-order valence-electron chi connectivity index (χ4n) is 1.50. The molecule has 0 fully saturated rings. The molecule has 0 aliphatic carbocycles. The molecule has 0 amide bonds. The maximum atomic E-state index is 13.4. The van der Waals surface area contributed by atoms with E-state index in [0.29, 0.717) is 10.6 Å². The summed E-state index contributed by atoms with van der Waals surface area (Å²) in [5.41, 5.74) is 6.32. The molecule has 5 heteroatoms. The number of rotatable bonds is 5. The summed E-state index contributed by atoms with van der Waals surface area (Å²) < 4.78 is 26.4. The Bertz CT molecular complexity index is 561. The molecule has 0 atom stereocenters. The van der Waals surface area contributed by atoms with Gasteiger partial charge in [0.1, 0.15) is 11.6 Å². The van der Waals surface area contributed by atoms with Crippen LogP contribution >= 0.6 is 23.5 Å². The Balaban J connectivity index is 1.84. The second-order valence-electron chi connectivity index (χ2n) is 3.81. The van der Waals surface area contributed by atoms with Crippen LogP contribution in [0.15, 0.2) is 52.3 Å². The molecular formula is C14H13F2NS2. The number of anilines is 1. The normalized spacial score (nSPS) is 10.6. The van der Waals surface area contributed by atoms with Crippen LogP contribution in [0.1, 0.15) is 0 Å². The molecule has 0 saturated heterocycles. The molecule has 2 rings (SSSR count). The number of hydrogen-bond acceptors (Lipinski definition) is 3. The standard InChI is InChI=1S/C14H13F2NS2/c15-10-5-6-12(17)14(9-10)19-8-7-18-13-4-2-1-3-11(13)16/h1-6,9H,7-8,17H2. The zero-order chi connectivity index (χ0) is 13.7. The molecule has 0 aliphatic heterocycles. The summed E-state index contributed by atoms with van der Waals surface area (Å²) in [6, 6.07) is 11.0. The molecule has 2 aromatic carbocycles. The highest BCUT2D eigenvalue weighted by Gasteiger charge is 2.04. The zero-order valence-corrected chi connectivity index (χ0v) is 11.7. The molecule has 0 aromatic heterocycles. The molecule has 0 saturated carbocycles. The number of nitrogen functional groups attached to an aromatic ring is 1. The van der Waals surface area contributed by atoms with Crippen molar-refractivity contribution < 1.29 is 8.78 Å². The number of hydrogen-bond donors (Lipinski definition) is 1. The second-order valence-corrected chi connectivity index (χ2v) is 6.08. The van der Waals surface area contributed by atoms with E-state index in [2.05, 4.69) is 0 Å². The van der Waals surface area contributed by atoms with Crippen LogP contribution in [0, 0.1) is 11.6 Å². The molecule has 0 spiro atoms. The first kappa shape index (κ1) is 14.2. The van der Waals surface area contributed by atoms with Gasteiger partial charge in [-0.3, -0.25) is 0 Å². The minimum atomic E-state index is -0.293. The first-order chi connectivity index (χ1) is 9.16. The summed E-state index contributed by atoms with van der Waals surface area (Å²) in [6.07, 6.45) is 0. The first-order valence-electron chi connectivity index (χ1n) is 5.72. The van der Waals surface area contributed by atoms with Gasteiger partial charge in [0, 0.05) is 27.0 Å². The van der Waals surface area contributed by atoms with E-state index in [1.807, 2.05) is 6.07 Å². The molecule has 2 aromatic rings. The van der Waals surface area contributed by atoms with Crippen molar-refractivity contribution in [3.8, 4) is 0 Å². The monoisotopic (exact) mass is 297 g/mol. The van der Waals surface area contributed by atoms with Gasteiger partial charge in [-0.25, -0.2) is 8.78 Å². The fourth-order valence-corrected chi connectivity index (χ4v) is 3.42. The van der Waals surface area contributed by atoms with Gasteiger partial charge in [0.05, 0.1) is 0 Å². The third kappa shape index (κ3) is 4.14. The van der Waals surface area contributed by atoms with Crippen LogP contribution in [-0.2, 0) is 0 Å². The van der Waals surface area contributed by atoms with Crippen LogP contribution in [0.4, 0.5) is 14.5 Å². The van der Waals surface area contributed by atoms with Crippen molar-refractivity contribution >= 4 is 29.2 Å². The Morgan fingerprint density at radius 1 is 0.895 bits per heavy atom. The summed E-state index contributed by atoms with van der Waals surface area (Å²) in [4.78, 5) is 1.37. The van der Waals surface area contributed by atoms with Crippen LogP contribution in [0.3, 0.4) is 0 Å².